The third-order valence-corrected chi connectivity index (χ3v) is 3.70. The zero-order chi connectivity index (χ0) is 16.1. The van der Waals surface area contributed by atoms with Gasteiger partial charge in [0, 0.05) is 16.3 Å². The van der Waals surface area contributed by atoms with Gasteiger partial charge in [-0.15, -0.1) is 0 Å². The zero-order valence-corrected chi connectivity index (χ0v) is 13.8. The van der Waals surface area contributed by atoms with Crippen molar-refractivity contribution in [1.29, 1.82) is 0 Å². The molecule has 0 fully saturated rings. The van der Waals surface area contributed by atoms with Gasteiger partial charge in [-0.1, -0.05) is 23.7 Å². The van der Waals surface area contributed by atoms with E-state index in [1.54, 1.807) is 24.3 Å². The molecule has 1 amide bonds. The fourth-order valence-electron chi connectivity index (χ4n) is 1.83. The van der Waals surface area contributed by atoms with Gasteiger partial charge in [-0.05, 0) is 67.5 Å². The van der Waals surface area contributed by atoms with E-state index in [-0.39, 0.29) is 5.91 Å². The van der Waals surface area contributed by atoms with Crippen LogP contribution in [0.5, 0.6) is 0 Å². The number of benzene rings is 2. The Bertz CT molecular complexity index is 701. The smallest absolute Gasteiger partial charge is 0.269 e. The van der Waals surface area contributed by atoms with Gasteiger partial charge in [-0.25, -0.2) is 0 Å². The number of carbonyl (C=O) groups is 1. The summed E-state index contributed by atoms with van der Waals surface area (Å²) in [5.74, 6) is -0.290. The molecule has 0 atom stereocenters. The summed E-state index contributed by atoms with van der Waals surface area (Å²) >= 11 is 11.0. The molecule has 0 aromatic heterocycles. The minimum Gasteiger partial charge on any atom is -0.331 e. The van der Waals surface area contributed by atoms with E-state index < -0.39 is 0 Å². The van der Waals surface area contributed by atoms with Crippen LogP contribution in [0, 0.1) is 13.8 Å². The van der Waals surface area contributed by atoms with Crippen LogP contribution in [0.15, 0.2) is 42.5 Å². The van der Waals surface area contributed by atoms with Crippen molar-refractivity contribution in [3.05, 3.63) is 64.2 Å². The van der Waals surface area contributed by atoms with Crippen molar-refractivity contribution >= 4 is 40.5 Å². The highest BCUT2D eigenvalue weighted by Crippen LogP contribution is 2.17. The Kier molecular flexibility index (Phi) is 5.35. The first-order valence-corrected chi connectivity index (χ1v) is 7.45. The molecule has 0 bridgehead atoms. The summed E-state index contributed by atoms with van der Waals surface area (Å²) in [5, 5.41) is 3.95. The van der Waals surface area contributed by atoms with E-state index in [2.05, 4.69) is 16.2 Å². The van der Waals surface area contributed by atoms with E-state index in [4.69, 9.17) is 23.8 Å². The maximum Gasteiger partial charge on any atom is 0.269 e. The molecule has 3 N–H and O–H groups in total. The van der Waals surface area contributed by atoms with Gasteiger partial charge in [0.05, 0.1) is 0 Å². The number of nitrogens with one attached hydrogen (secondary N) is 3. The molecule has 0 radical (unpaired) electrons. The van der Waals surface area contributed by atoms with E-state index >= 15 is 0 Å². The van der Waals surface area contributed by atoms with Crippen LogP contribution in [0.3, 0.4) is 0 Å². The highest BCUT2D eigenvalue weighted by molar-refractivity contribution is 7.80. The summed E-state index contributed by atoms with van der Waals surface area (Å²) < 4.78 is 0. The molecule has 0 saturated heterocycles. The molecule has 114 valence electrons. The Morgan fingerprint density at radius 3 is 2.41 bits per heavy atom. The SMILES string of the molecule is Cc1cccc(NC(=S)NNC(=O)c2ccc(Cl)cc2)c1C. The van der Waals surface area contributed by atoms with Crippen molar-refractivity contribution in [3.8, 4) is 0 Å². The summed E-state index contributed by atoms with van der Waals surface area (Å²) in [4.78, 5) is 11.9. The lowest BCUT2D eigenvalue weighted by molar-refractivity contribution is 0.0944. The molecule has 0 aliphatic carbocycles. The molecule has 0 aliphatic rings. The van der Waals surface area contributed by atoms with Crippen LogP contribution in [0.25, 0.3) is 0 Å². The topological polar surface area (TPSA) is 53.2 Å². The Hall–Kier alpha value is -2.11. The number of amides is 1. The second-order valence-electron chi connectivity index (χ2n) is 4.79. The van der Waals surface area contributed by atoms with Gasteiger partial charge >= 0.3 is 0 Å². The molecule has 2 rings (SSSR count). The maximum absolute atomic E-state index is 11.9. The van der Waals surface area contributed by atoms with Crippen molar-refractivity contribution in [2.24, 2.45) is 0 Å². The molecule has 0 unspecified atom stereocenters. The average Bonchev–Trinajstić information content (AvgIpc) is 2.50. The predicted octanol–water partition coefficient (Wildman–Crippen LogP) is 3.59. The normalized spacial score (nSPS) is 9.95. The van der Waals surface area contributed by atoms with Gasteiger partial charge in [0.1, 0.15) is 0 Å². The van der Waals surface area contributed by atoms with Crippen LogP contribution in [-0.4, -0.2) is 11.0 Å². The number of aryl methyl sites for hydroxylation is 1. The van der Waals surface area contributed by atoms with Crippen LogP contribution in [0.4, 0.5) is 5.69 Å². The quantitative estimate of drug-likeness (QED) is 0.580. The van der Waals surface area contributed by atoms with E-state index in [1.807, 2.05) is 32.0 Å². The number of carbonyl (C=O) groups excluding carboxylic acids is 1. The summed E-state index contributed by atoms with van der Waals surface area (Å²) in [7, 11) is 0. The fraction of sp³-hybridized carbons (Fsp3) is 0.125. The van der Waals surface area contributed by atoms with Gasteiger partial charge in [0.15, 0.2) is 5.11 Å². The van der Waals surface area contributed by atoms with Crippen molar-refractivity contribution in [3.63, 3.8) is 0 Å². The summed E-state index contributed by atoms with van der Waals surface area (Å²) in [6, 6.07) is 12.5. The zero-order valence-electron chi connectivity index (χ0n) is 12.2. The molecule has 0 aliphatic heterocycles. The predicted molar refractivity (Wildman–Crippen MR) is 94.2 cm³/mol. The van der Waals surface area contributed by atoms with Crippen LogP contribution < -0.4 is 16.2 Å². The van der Waals surface area contributed by atoms with E-state index in [9.17, 15) is 4.79 Å². The van der Waals surface area contributed by atoms with Gasteiger partial charge in [-0.2, -0.15) is 0 Å². The highest BCUT2D eigenvalue weighted by atomic mass is 35.5. The Balaban J connectivity index is 1.91. The average molecular weight is 334 g/mol. The second kappa shape index (κ2) is 7.24. The fourth-order valence-corrected chi connectivity index (χ4v) is 2.11. The van der Waals surface area contributed by atoms with Crippen LogP contribution in [-0.2, 0) is 0 Å². The first-order valence-electron chi connectivity index (χ1n) is 6.66. The van der Waals surface area contributed by atoms with Crippen LogP contribution >= 0.6 is 23.8 Å². The maximum atomic E-state index is 11.9. The minimum absolute atomic E-state index is 0.290. The number of anilines is 1. The Morgan fingerprint density at radius 2 is 1.73 bits per heavy atom. The monoisotopic (exact) mass is 333 g/mol. The first-order chi connectivity index (χ1) is 10.5. The number of hydrazine groups is 1. The Morgan fingerprint density at radius 1 is 1.05 bits per heavy atom. The number of rotatable bonds is 2. The van der Waals surface area contributed by atoms with Crippen LogP contribution in [0.2, 0.25) is 5.02 Å². The summed E-state index contributed by atoms with van der Waals surface area (Å²) in [5.41, 5.74) is 8.88. The third-order valence-electron chi connectivity index (χ3n) is 3.25. The van der Waals surface area contributed by atoms with Gasteiger partial charge in [0.25, 0.3) is 5.91 Å². The van der Waals surface area contributed by atoms with Crippen molar-refractivity contribution in [2.45, 2.75) is 13.8 Å². The molecule has 2 aromatic carbocycles. The lowest BCUT2D eigenvalue weighted by Gasteiger charge is -2.14. The lowest BCUT2D eigenvalue weighted by Crippen LogP contribution is -2.43. The molecule has 2 aromatic rings. The molecule has 0 spiro atoms. The van der Waals surface area contributed by atoms with E-state index in [1.165, 1.54) is 0 Å². The van der Waals surface area contributed by atoms with Crippen molar-refractivity contribution in [1.82, 2.24) is 10.9 Å². The summed E-state index contributed by atoms with van der Waals surface area (Å²) in [6.45, 7) is 4.03. The second-order valence-corrected chi connectivity index (χ2v) is 5.63. The molecular weight excluding hydrogens is 318 g/mol. The van der Waals surface area contributed by atoms with Gasteiger partial charge < -0.3 is 5.32 Å². The van der Waals surface area contributed by atoms with Gasteiger partial charge in [-0.3, -0.25) is 15.6 Å². The lowest BCUT2D eigenvalue weighted by atomic mass is 10.1. The molecule has 0 heterocycles. The first kappa shape index (κ1) is 16.3. The Labute approximate surface area is 139 Å². The standard InChI is InChI=1S/C16H16ClN3OS/c1-10-4-3-5-14(11(10)2)18-16(22)20-19-15(21)12-6-8-13(17)9-7-12/h3-9H,1-2H3,(H,19,21)(H2,18,20,22). The largest absolute Gasteiger partial charge is 0.331 e. The van der Waals surface area contributed by atoms with Crippen LogP contribution in [0.1, 0.15) is 21.5 Å². The molecule has 4 nitrogen and oxygen atoms in total. The molecule has 22 heavy (non-hydrogen) atoms. The number of hydrogen-bond acceptors (Lipinski definition) is 2. The molecule has 6 heteroatoms. The van der Waals surface area contributed by atoms with Crippen molar-refractivity contribution in [2.75, 3.05) is 5.32 Å². The highest BCUT2D eigenvalue weighted by Gasteiger charge is 2.06. The number of halogens is 1. The number of thiocarbonyl (C=S) groups is 1. The summed E-state index contributed by atoms with van der Waals surface area (Å²) in [6.07, 6.45) is 0. The number of hydrogen-bond donors (Lipinski definition) is 3. The molecular formula is C16H16ClN3OS. The van der Waals surface area contributed by atoms with E-state index in [0.29, 0.717) is 15.7 Å². The van der Waals surface area contributed by atoms with Crippen molar-refractivity contribution < 1.29 is 4.79 Å². The minimum atomic E-state index is -0.290. The van der Waals surface area contributed by atoms with E-state index in [0.717, 1.165) is 16.8 Å². The molecule has 0 saturated carbocycles. The van der Waals surface area contributed by atoms with Gasteiger partial charge in [0.2, 0.25) is 0 Å². The third kappa shape index (κ3) is 4.19.